The number of hydrogen-bond donors (Lipinski definition) is 1. The van der Waals surface area contributed by atoms with Crippen LogP contribution < -0.4 is 5.32 Å². The quantitative estimate of drug-likeness (QED) is 0.522. The summed E-state index contributed by atoms with van der Waals surface area (Å²) in [6, 6.07) is 10.1. The van der Waals surface area contributed by atoms with E-state index in [1.807, 2.05) is 13.0 Å². The van der Waals surface area contributed by atoms with Gasteiger partial charge in [-0.3, -0.25) is 4.98 Å². The smallest absolute Gasteiger partial charge is 0.226 e. The van der Waals surface area contributed by atoms with Crippen molar-refractivity contribution in [2.24, 2.45) is 0 Å². The number of benzene rings is 1. The van der Waals surface area contributed by atoms with Gasteiger partial charge in [0.15, 0.2) is 5.03 Å². The zero-order valence-electron chi connectivity index (χ0n) is 17.7. The zero-order chi connectivity index (χ0) is 22.8. The second kappa shape index (κ2) is 9.29. The lowest BCUT2D eigenvalue weighted by molar-refractivity contribution is 0.483. The third-order valence-electron chi connectivity index (χ3n) is 5.57. The summed E-state index contributed by atoms with van der Waals surface area (Å²) in [4.78, 5) is 8.35. The number of aryl methyl sites for hydroxylation is 1. The highest BCUT2D eigenvalue weighted by Crippen LogP contribution is 2.38. The van der Waals surface area contributed by atoms with Gasteiger partial charge in [-0.2, -0.15) is 0 Å². The van der Waals surface area contributed by atoms with Gasteiger partial charge in [-0.15, -0.1) is 0 Å². The number of anilines is 1. The van der Waals surface area contributed by atoms with E-state index in [2.05, 4.69) is 15.3 Å². The Morgan fingerprint density at radius 3 is 2.41 bits per heavy atom. The van der Waals surface area contributed by atoms with E-state index in [0.717, 1.165) is 41.7 Å². The first-order valence-electron chi connectivity index (χ1n) is 10.5. The number of hydrogen-bond acceptors (Lipinski definition) is 8. The molecule has 170 valence electrons. The molecule has 32 heavy (non-hydrogen) atoms. The lowest BCUT2D eigenvalue weighted by Gasteiger charge is -2.20. The monoisotopic (exact) mass is 491 g/mol. The summed E-state index contributed by atoms with van der Waals surface area (Å²) >= 11 is 0.894. The first kappa shape index (κ1) is 22.9. The number of aromatic nitrogens is 2. The SMILES string of the molecule is Cc1ccc(S(=O)(=O)c2nc(S(=O)(=O)C3CCCCC3)sc2NCc2cccnc2)cc1. The largest absolute Gasteiger partial charge is 0.370 e. The standard InChI is InChI=1S/C22H25N3O4S3/c1-16-9-11-19(12-10-16)31(26,27)21-20(24-15-17-6-5-13-23-14-17)30-22(25-21)32(28,29)18-7-3-2-4-8-18/h5-6,9-14,18,24H,2-4,7-8,15H2,1H3. The zero-order valence-corrected chi connectivity index (χ0v) is 20.1. The first-order valence-corrected chi connectivity index (χ1v) is 14.3. The van der Waals surface area contributed by atoms with Crippen molar-refractivity contribution in [3.05, 3.63) is 59.9 Å². The van der Waals surface area contributed by atoms with Crippen molar-refractivity contribution in [1.29, 1.82) is 0 Å². The Balaban J connectivity index is 1.75. The first-order chi connectivity index (χ1) is 15.3. The molecule has 0 aliphatic heterocycles. The van der Waals surface area contributed by atoms with Gasteiger partial charge in [0, 0.05) is 18.9 Å². The maximum atomic E-state index is 13.4. The predicted molar refractivity (Wildman–Crippen MR) is 124 cm³/mol. The predicted octanol–water partition coefficient (Wildman–Crippen LogP) is 4.40. The summed E-state index contributed by atoms with van der Waals surface area (Å²) in [5.41, 5.74) is 1.77. The molecule has 0 saturated heterocycles. The molecule has 1 fully saturated rings. The van der Waals surface area contributed by atoms with E-state index in [4.69, 9.17) is 0 Å². The van der Waals surface area contributed by atoms with Crippen molar-refractivity contribution < 1.29 is 16.8 Å². The fourth-order valence-electron chi connectivity index (χ4n) is 3.74. The number of pyridine rings is 1. The average Bonchev–Trinajstić information content (AvgIpc) is 3.25. The van der Waals surface area contributed by atoms with Crippen LogP contribution in [0.15, 0.2) is 63.1 Å². The molecule has 4 rings (SSSR count). The average molecular weight is 492 g/mol. The Labute approximate surface area is 192 Å². The fraction of sp³-hybridized carbons (Fsp3) is 0.364. The van der Waals surface area contributed by atoms with Crippen LogP contribution in [-0.4, -0.2) is 32.1 Å². The van der Waals surface area contributed by atoms with Crippen molar-refractivity contribution in [2.75, 3.05) is 5.32 Å². The van der Waals surface area contributed by atoms with Gasteiger partial charge in [0.05, 0.1) is 10.1 Å². The van der Waals surface area contributed by atoms with Crippen molar-refractivity contribution >= 4 is 36.0 Å². The Kier molecular flexibility index (Phi) is 6.64. The summed E-state index contributed by atoms with van der Waals surface area (Å²) in [7, 11) is -7.71. The summed E-state index contributed by atoms with van der Waals surface area (Å²) in [6.45, 7) is 2.17. The number of thiazole rings is 1. The van der Waals surface area contributed by atoms with E-state index in [1.54, 1.807) is 30.6 Å². The van der Waals surface area contributed by atoms with Gasteiger partial charge in [-0.05, 0) is 43.5 Å². The minimum absolute atomic E-state index is 0.0828. The maximum Gasteiger partial charge on any atom is 0.226 e. The van der Waals surface area contributed by atoms with E-state index in [0.29, 0.717) is 19.4 Å². The van der Waals surface area contributed by atoms with Crippen LogP contribution in [0.25, 0.3) is 0 Å². The fourth-order valence-corrected chi connectivity index (χ4v) is 8.72. The Morgan fingerprint density at radius 1 is 1.03 bits per heavy atom. The van der Waals surface area contributed by atoms with Crippen LogP contribution in [0.2, 0.25) is 0 Å². The van der Waals surface area contributed by atoms with Crippen LogP contribution in [0.1, 0.15) is 43.2 Å². The van der Waals surface area contributed by atoms with Gasteiger partial charge in [0.1, 0.15) is 5.00 Å². The number of rotatable bonds is 7. The number of nitrogens with zero attached hydrogens (tertiary/aromatic N) is 2. The minimum atomic E-state index is -4.00. The summed E-state index contributed by atoms with van der Waals surface area (Å²) in [5, 5.41) is 2.55. The Morgan fingerprint density at radius 2 is 1.75 bits per heavy atom. The molecule has 0 bridgehead atoms. The summed E-state index contributed by atoms with van der Waals surface area (Å²) in [5.74, 6) is 0. The van der Waals surface area contributed by atoms with E-state index in [1.165, 1.54) is 12.1 Å². The molecular weight excluding hydrogens is 466 g/mol. The maximum absolute atomic E-state index is 13.4. The molecule has 2 heterocycles. The lowest BCUT2D eigenvalue weighted by atomic mass is 10.0. The van der Waals surface area contributed by atoms with E-state index in [-0.39, 0.29) is 19.3 Å². The van der Waals surface area contributed by atoms with Crippen molar-refractivity contribution in [1.82, 2.24) is 9.97 Å². The van der Waals surface area contributed by atoms with Gasteiger partial charge in [-0.1, -0.05) is 54.4 Å². The molecule has 0 atom stereocenters. The molecule has 1 saturated carbocycles. The topological polar surface area (TPSA) is 106 Å². The molecule has 7 nitrogen and oxygen atoms in total. The molecule has 10 heteroatoms. The van der Waals surface area contributed by atoms with Gasteiger partial charge < -0.3 is 5.32 Å². The lowest BCUT2D eigenvalue weighted by Crippen LogP contribution is -2.24. The second-order valence-corrected chi connectivity index (χ2v) is 13.2. The molecule has 1 aliphatic rings. The van der Waals surface area contributed by atoms with Crippen molar-refractivity contribution in [3.8, 4) is 0 Å². The number of sulfone groups is 2. The molecular formula is C22H25N3O4S3. The van der Waals surface area contributed by atoms with Crippen molar-refractivity contribution in [3.63, 3.8) is 0 Å². The normalized spacial score (nSPS) is 15.5. The molecule has 0 radical (unpaired) electrons. The van der Waals surface area contributed by atoms with E-state index < -0.39 is 24.9 Å². The van der Waals surface area contributed by atoms with Gasteiger partial charge in [0.2, 0.25) is 24.0 Å². The number of nitrogens with one attached hydrogen (secondary N) is 1. The molecule has 2 aromatic heterocycles. The van der Waals surface area contributed by atoms with Gasteiger partial charge in [0.25, 0.3) is 0 Å². The molecule has 1 aromatic carbocycles. The third-order valence-corrected chi connectivity index (χ3v) is 11.1. The summed E-state index contributed by atoms with van der Waals surface area (Å²) < 4.78 is 53.1. The Bertz CT molecular complexity index is 1280. The summed E-state index contributed by atoms with van der Waals surface area (Å²) in [6.07, 6.45) is 7.22. The minimum Gasteiger partial charge on any atom is -0.370 e. The van der Waals surface area contributed by atoms with Crippen LogP contribution in [0, 0.1) is 6.92 Å². The second-order valence-electron chi connectivity index (χ2n) is 7.95. The third kappa shape index (κ3) is 4.72. The molecule has 1 N–H and O–H groups in total. The van der Waals surface area contributed by atoms with Gasteiger partial charge >= 0.3 is 0 Å². The Hall–Kier alpha value is -2.30. The molecule has 0 spiro atoms. The van der Waals surface area contributed by atoms with Crippen LogP contribution >= 0.6 is 11.3 Å². The molecule has 0 amide bonds. The van der Waals surface area contributed by atoms with E-state index in [9.17, 15) is 16.8 Å². The van der Waals surface area contributed by atoms with Crippen LogP contribution in [0.4, 0.5) is 5.00 Å². The molecule has 0 unspecified atom stereocenters. The van der Waals surface area contributed by atoms with E-state index >= 15 is 0 Å². The van der Waals surface area contributed by atoms with Gasteiger partial charge in [-0.25, -0.2) is 21.8 Å². The highest BCUT2D eigenvalue weighted by atomic mass is 32.2. The molecule has 1 aliphatic carbocycles. The van der Waals surface area contributed by atoms with Crippen LogP contribution in [-0.2, 0) is 26.2 Å². The van der Waals surface area contributed by atoms with Crippen LogP contribution in [0.3, 0.4) is 0 Å². The highest BCUT2D eigenvalue weighted by Gasteiger charge is 2.35. The van der Waals surface area contributed by atoms with Crippen LogP contribution in [0.5, 0.6) is 0 Å². The molecule has 3 aromatic rings. The van der Waals surface area contributed by atoms with Crippen molar-refractivity contribution in [2.45, 2.75) is 65.1 Å². The highest BCUT2D eigenvalue weighted by molar-refractivity contribution is 7.94.